The highest BCUT2D eigenvalue weighted by Gasteiger charge is 2.26. The van der Waals surface area contributed by atoms with Crippen molar-refractivity contribution in [2.75, 3.05) is 0 Å². The maximum atomic E-state index is 12.9. The van der Waals surface area contributed by atoms with E-state index in [-0.39, 0.29) is 11.9 Å². The maximum Gasteiger partial charge on any atom is 0.141 e. The zero-order valence-electron chi connectivity index (χ0n) is 7.95. The topological polar surface area (TPSA) is 26.3 Å². The normalized spacial score (nSPS) is 21.3. The monoisotopic (exact) mass is 228 g/mol. The summed E-state index contributed by atoms with van der Waals surface area (Å²) in [5.41, 5.74) is 0.834. The Balaban J connectivity index is 2.20. The Bertz CT molecular complexity index is 381. The van der Waals surface area contributed by atoms with E-state index in [0.29, 0.717) is 24.9 Å². The van der Waals surface area contributed by atoms with Crippen LogP contribution in [-0.2, 0) is 11.2 Å². The van der Waals surface area contributed by atoms with Gasteiger partial charge in [-0.3, -0.25) is 0 Å². The number of alkyl halides is 1. The van der Waals surface area contributed by atoms with E-state index in [4.69, 9.17) is 16.3 Å². The molecule has 0 aromatic heterocycles. The van der Waals surface area contributed by atoms with Crippen LogP contribution in [0.2, 0.25) is 0 Å². The summed E-state index contributed by atoms with van der Waals surface area (Å²) in [6, 6.07) is 4.37. The largest absolute Gasteiger partial charge is 0.488 e. The molecule has 2 atom stereocenters. The first-order valence-corrected chi connectivity index (χ1v) is 5.19. The third-order valence-corrected chi connectivity index (χ3v) is 2.87. The van der Waals surface area contributed by atoms with E-state index in [1.807, 2.05) is 0 Å². The van der Waals surface area contributed by atoms with E-state index in [1.54, 1.807) is 6.07 Å². The highest BCUT2D eigenvalue weighted by atomic mass is 35.5. The van der Waals surface area contributed by atoms with Gasteiger partial charge in [0.25, 0.3) is 0 Å². The van der Waals surface area contributed by atoms with Crippen LogP contribution in [0.4, 0.5) is 4.39 Å². The van der Waals surface area contributed by atoms with Crippen molar-refractivity contribution in [2.45, 2.75) is 24.3 Å². The number of rotatable bonds is 2. The third kappa shape index (κ3) is 2.12. The first-order chi connectivity index (χ1) is 7.20. The minimum absolute atomic E-state index is 0.270. The van der Waals surface area contributed by atoms with Gasteiger partial charge in [0.15, 0.2) is 0 Å². The number of benzene rings is 1. The van der Waals surface area contributed by atoms with Gasteiger partial charge in [0, 0.05) is 0 Å². The molecular formula is C11H10ClFO2. The van der Waals surface area contributed by atoms with Crippen LogP contribution >= 0.6 is 11.6 Å². The van der Waals surface area contributed by atoms with Gasteiger partial charge < -0.3 is 9.53 Å². The fourth-order valence-electron chi connectivity index (χ4n) is 1.69. The van der Waals surface area contributed by atoms with Gasteiger partial charge in [0.2, 0.25) is 0 Å². The Morgan fingerprint density at radius 3 is 3.13 bits per heavy atom. The van der Waals surface area contributed by atoms with Crippen LogP contribution in [0, 0.1) is 5.82 Å². The Labute approximate surface area is 92.0 Å². The summed E-state index contributed by atoms with van der Waals surface area (Å²) >= 11 is 5.77. The number of hydrogen-bond donors (Lipinski definition) is 0. The van der Waals surface area contributed by atoms with Crippen molar-refractivity contribution in [2.24, 2.45) is 0 Å². The Hall–Kier alpha value is -1.09. The van der Waals surface area contributed by atoms with Crippen molar-refractivity contribution >= 4 is 17.9 Å². The fourth-order valence-corrected chi connectivity index (χ4v) is 1.87. The molecule has 2 nitrogen and oxygen atoms in total. The van der Waals surface area contributed by atoms with Crippen LogP contribution in [0.1, 0.15) is 12.0 Å². The molecule has 0 fully saturated rings. The number of halogens is 2. The summed E-state index contributed by atoms with van der Waals surface area (Å²) in [5, 5.41) is -0.636. The summed E-state index contributed by atoms with van der Waals surface area (Å²) in [4.78, 5) is 10.5. The summed E-state index contributed by atoms with van der Waals surface area (Å²) in [5.74, 6) is 0.355. The Kier molecular flexibility index (Phi) is 2.91. The van der Waals surface area contributed by atoms with Crippen LogP contribution in [0.15, 0.2) is 18.2 Å². The van der Waals surface area contributed by atoms with Gasteiger partial charge in [-0.15, -0.1) is 11.6 Å². The smallest absolute Gasteiger partial charge is 0.141 e. The standard InChI is InChI=1S/C11H10ClFO2/c12-9(6-14)11-3-1-7-5-8(13)2-4-10(7)15-11/h2,4-6,9,11H,1,3H2/t9-,11?/m0/s1. The first-order valence-electron chi connectivity index (χ1n) is 4.75. The Morgan fingerprint density at radius 1 is 1.60 bits per heavy atom. The molecule has 0 saturated heterocycles. The first kappa shape index (κ1) is 10.4. The summed E-state index contributed by atoms with van der Waals surface area (Å²) in [6.45, 7) is 0. The second kappa shape index (κ2) is 4.19. The van der Waals surface area contributed by atoms with E-state index in [2.05, 4.69) is 0 Å². The molecule has 0 radical (unpaired) electrons. The number of hydrogen-bond acceptors (Lipinski definition) is 2. The molecule has 0 bridgehead atoms. The van der Waals surface area contributed by atoms with Crippen molar-refractivity contribution < 1.29 is 13.9 Å². The highest BCUT2D eigenvalue weighted by Crippen LogP contribution is 2.29. The van der Waals surface area contributed by atoms with Gasteiger partial charge in [-0.2, -0.15) is 0 Å². The van der Waals surface area contributed by atoms with Crippen LogP contribution in [0.3, 0.4) is 0 Å². The predicted molar refractivity (Wildman–Crippen MR) is 54.8 cm³/mol. The molecule has 1 heterocycles. The van der Waals surface area contributed by atoms with Gasteiger partial charge in [0.1, 0.15) is 29.3 Å². The number of ether oxygens (including phenoxy) is 1. The van der Waals surface area contributed by atoms with E-state index < -0.39 is 5.38 Å². The number of aldehydes is 1. The molecule has 0 spiro atoms. The van der Waals surface area contributed by atoms with Gasteiger partial charge in [-0.25, -0.2) is 4.39 Å². The van der Waals surface area contributed by atoms with Crippen molar-refractivity contribution in [1.29, 1.82) is 0 Å². The van der Waals surface area contributed by atoms with Gasteiger partial charge >= 0.3 is 0 Å². The Morgan fingerprint density at radius 2 is 2.40 bits per heavy atom. The zero-order chi connectivity index (χ0) is 10.8. The van der Waals surface area contributed by atoms with Crippen molar-refractivity contribution in [1.82, 2.24) is 0 Å². The lowest BCUT2D eigenvalue weighted by molar-refractivity contribution is -0.109. The molecule has 80 valence electrons. The van der Waals surface area contributed by atoms with Crippen molar-refractivity contribution in [3.8, 4) is 5.75 Å². The van der Waals surface area contributed by atoms with Crippen LogP contribution in [0.25, 0.3) is 0 Å². The fraction of sp³-hybridized carbons (Fsp3) is 0.364. The summed E-state index contributed by atoms with van der Waals surface area (Å²) in [6.07, 6.45) is 1.70. The van der Waals surface area contributed by atoms with Crippen LogP contribution in [-0.4, -0.2) is 17.8 Å². The minimum atomic E-state index is -0.636. The van der Waals surface area contributed by atoms with E-state index in [0.717, 1.165) is 5.56 Å². The molecule has 1 aliphatic heterocycles. The molecule has 1 aromatic carbocycles. The maximum absolute atomic E-state index is 12.9. The van der Waals surface area contributed by atoms with E-state index in [9.17, 15) is 9.18 Å². The minimum Gasteiger partial charge on any atom is -0.488 e. The molecule has 0 aliphatic carbocycles. The quantitative estimate of drug-likeness (QED) is 0.574. The van der Waals surface area contributed by atoms with Gasteiger partial charge in [-0.1, -0.05) is 0 Å². The molecule has 1 unspecified atom stereocenters. The summed E-state index contributed by atoms with van der Waals surface area (Å²) < 4.78 is 18.4. The second-order valence-electron chi connectivity index (χ2n) is 3.53. The zero-order valence-corrected chi connectivity index (χ0v) is 8.71. The van der Waals surface area contributed by atoms with Gasteiger partial charge in [0.05, 0.1) is 0 Å². The second-order valence-corrected chi connectivity index (χ2v) is 4.03. The summed E-state index contributed by atoms with van der Waals surface area (Å²) in [7, 11) is 0. The molecule has 2 rings (SSSR count). The van der Waals surface area contributed by atoms with Crippen LogP contribution in [0.5, 0.6) is 5.75 Å². The van der Waals surface area contributed by atoms with Crippen molar-refractivity contribution in [3.63, 3.8) is 0 Å². The lowest BCUT2D eigenvalue weighted by Gasteiger charge is -2.27. The number of carbonyl (C=O) groups is 1. The number of aryl methyl sites for hydroxylation is 1. The average molecular weight is 229 g/mol. The predicted octanol–water partition coefficient (Wildman–Crippen LogP) is 2.33. The van der Waals surface area contributed by atoms with E-state index >= 15 is 0 Å². The molecule has 15 heavy (non-hydrogen) atoms. The van der Waals surface area contributed by atoms with E-state index in [1.165, 1.54) is 12.1 Å². The van der Waals surface area contributed by atoms with Crippen LogP contribution < -0.4 is 4.74 Å². The number of fused-ring (bicyclic) bond motifs is 1. The molecule has 0 amide bonds. The molecular weight excluding hydrogens is 219 g/mol. The average Bonchev–Trinajstić information content (AvgIpc) is 2.27. The highest BCUT2D eigenvalue weighted by molar-refractivity contribution is 6.28. The molecule has 4 heteroatoms. The third-order valence-electron chi connectivity index (χ3n) is 2.48. The number of carbonyl (C=O) groups excluding carboxylic acids is 1. The SMILES string of the molecule is O=C[C@H](Cl)C1CCc2cc(F)ccc2O1. The molecule has 1 aliphatic rings. The molecule has 0 N–H and O–H groups in total. The molecule has 1 aromatic rings. The van der Waals surface area contributed by atoms with Crippen molar-refractivity contribution in [3.05, 3.63) is 29.6 Å². The van der Waals surface area contributed by atoms with Gasteiger partial charge in [-0.05, 0) is 36.6 Å². The molecule has 0 saturated carbocycles. The lowest BCUT2D eigenvalue weighted by Crippen LogP contribution is -2.32. The lowest BCUT2D eigenvalue weighted by atomic mass is 10.0.